The lowest BCUT2D eigenvalue weighted by molar-refractivity contribution is 0.0694. The molecule has 3 heteroatoms. The lowest BCUT2D eigenvalue weighted by Gasteiger charge is -2.38. The van der Waals surface area contributed by atoms with Crippen LogP contribution in [0.1, 0.15) is 44.2 Å². The first-order chi connectivity index (χ1) is 12.6. The molecule has 0 saturated carbocycles. The van der Waals surface area contributed by atoms with E-state index >= 15 is 0 Å². The zero-order valence-electron chi connectivity index (χ0n) is 15.1. The van der Waals surface area contributed by atoms with E-state index in [1.165, 1.54) is 16.7 Å². The molecule has 1 atom stereocenters. The number of fused-ring (bicyclic) bond motifs is 1. The maximum atomic E-state index is 13.3. The summed E-state index contributed by atoms with van der Waals surface area (Å²) >= 11 is 0. The molecule has 0 spiro atoms. The maximum Gasteiger partial charge on any atom is 0.254 e. The van der Waals surface area contributed by atoms with Crippen LogP contribution < -0.4 is 0 Å². The third kappa shape index (κ3) is 3.01. The van der Waals surface area contributed by atoms with Crippen LogP contribution in [0.15, 0.2) is 67.0 Å². The molecule has 1 amide bonds. The largest absolute Gasteiger partial charge is 0.327 e. The Morgan fingerprint density at radius 1 is 1.04 bits per heavy atom. The Bertz CT molecular complexity index is 932. The third-order valence-electron chi connectivity index (χ3n) is 5.09. The molecule has 2 heterocycles. The fraction of sp³-hybridized carbons (Fsp3) is 0.217. The van der Waals surface area contributed by atoms with Crippen molar-refractivity contribution in [3.05, 3.63) is 100 Å². The van der Waals surface area contributed by atoms with Crippen LogP contribution in [-0.2, 0) is 6.42 Å². The monoisotopic (exact) mass is 342 g/mol. The Morgan fingerprint density at radius 2 is 1.81 bits per heavy atom. The number of nitrogens with zero attached hydrogens (tertiary/aromatic N) is 2. The standard InChI is InChI=1S/C23H22N2O/c1-16-5-8-18(9-6-16)23(26)25-13-11-19-14-17(2)7-10-21(19)22(25)20-4-3-12-24-15-20/h3-10,12,14-15,22H,11,13H2,1-2H3. The molecule has 3 nitrogen and oxygen atoms in total. The summed E-state index contributed by atoms with van der Waals surface area (Å²) in [4.78, 5) is 19.6. The molecule has 3 aromatic rings. The highest BCUT2D eigenvalue weighted by Gasteiger charge is 2.32. The summed E-state index contributed by atoms with van der Waals surface area (Å²) in [6, 6.07) is 18.3. The van der Waals surface area contributed by atoms with Gasteiger partial charge in [0.1, 0.15) is 0 Å². The second-order valence-electron chi connectivity index (χ2n) is 7.01. The van der Waals surface area contributed by atoms with Crippen molar-refractivity contribution in [3.8, 4) is 0 Å². The molecule has 0 fully saturated rings. The van der Waals surface area contributed by atoms with Gasteiger partial charge in [-0.25, -0.2) is 0 Å². The van der Waals surface area contributed by atoms with Gasteiger partial charge in [-0.05, 0) is 55.2 Å². The Hall–Kier alpha value is -2.94. The number of carbonyl (C=O) groups excluding carboxylic acids is 1. The second kappa shape index (κ2) is 6.75. The van der Waals surface area contributed by atoms with Gasteiger partial charge in [0.15, 0.2) is 0 Å². The normalized spacial score (nSPS) is 16.2. The van der Waals surface area contributed by atoms with Crippen LogP contribution in [0.2, 0.25) is 0 Å². The van der Waals surface area contributed by atoms with Crippen LogP contribution in [0, 0.1) is 13.8 Å². The van der Waals surface area contributed by atoms with Crippen molar-refractivity contribution in [2.75, 3.05) is 6.54 Å². The number of benzene rings is 2. The van der Waals surface area contributed by atoms with Gasteiger partial charge in [-0.15, -0.1) is 0 Å². The van der Waals surface area contributed by atoms with Crippen LogP contribution >= 0.6 is 0 Å². The minimum absolute atomic E-state index is 0.0741. The molecular weight excluding hydrogens is 320 g/mol. The molecule has 1 unspecified atom stereocenters. The second-order valence-corrected chi connectivity index (χ2v) is 7.01. The first-order valence-electron chi connectivity index (χ1n) is 9.00. The predicted octanol–water partition coefficient (Wildman–Crippen LogP) is 4.49. The van der Waals surface area contributed by atoms with Crippen molar-refractivity contribution in [1.29, 1.82) is 0 Å². The van der Waals surface area contributed by atoms with Gasteiger partial charge in [0, 0.05) is 24.5 Å². The van der Waals surface area contributed by atoms with E-state index < -0.39 is 0 Å². The Morgan fingerprint density at radius 3 is 2.54 bits per heavy atom. The fourth-order valence-electron chi connectivity index (χ4n) is 3.73. The minimum Gasteiger partial charge on any atom is -0.327 e. The van der Waals surface area contributed by atoms with E-state index in [1.807, 2.05) is 48.4 Å². The number of amides is 1. The Balaban J connectivity index is 1.79. The van der Waals surface area contributed by atoms with Crippen LogP contribution in [0.5, 0.6) is 0 Å². The van der Waals surface area contributed by atoms with Gasteiger partial charge in [-0.1, -0.05) is 47.5 Å². The molecule has 0 aliphatic carbocycles. The van der Waals surface area contributed by atoms with Crippen molar-refractivity contribution < 1.29 is 4.79 Å². The first-order valence-corrected chi connectivity index (χ1v) is 9.00. The molecule has 0 saturated heterocycles. The maximum absolute atomic E-state index is 13.3. The quantitative estimate of drug-likeness (QED) is 0.688. The van der Waals surface area contributed by atoms with Crippen LogP contribution in [-0.4, -0.2) is 22.3 Å². The highest BCUT2D eigenvalue weighted by Crippen LogP contribution is 2.36. The zero-order valence-corrected chi connectivity index (χ0v) is 15.1. The van der Waals surface area contributed by atoms with Gasteiger partial charge in [0.2, 0.25) is 0 Å². The van der Waals surface area contributed by atoms with Crippen molar-refractivity contribution in [2.45, 2.75) is 26.3 Å². The molecule has 1 aromatic heterocycles. The Kier molecular flexibility index (Phi) is 4.29. The van der Waals surface area contributed by atoms with E-state index in [-0.39, 0.29) is 11.9 Å². The summed E-state index contributed by atoms with van der Waals surface area (Å²) in [5.41, 5.74) is 6.73. The SMILES string of the molecule is Cc1ccc(C(=O)N2CCc3cc(C)ccc3C2c2cccnc2)cc1. The van der Waals surface area contributed by atoms with E-state index in [1.54, 1.807) is 6.20 Å². The average molecular weight is 342 g/mol. The van der Waals surface area contributed by atoms with Gasteiger partial charge >= 0.3 is 0 Å². The number of hydrogen-bond donors (Lipinski definition) is 0. The van der Waals surface area contributed by atoms with Gasteiger partial charge in [-0.2, -0.15) is 0 Å². The predicted molar refractivity (Wildman–Crippen MR) is 103 cm³/mol. The molecule has 1 aliphatic heterocycles. The molecule has 0 N–H and O–H groups in total. The number of pyridine rings is 1. The molecule has 4 rings (SSSR count). The number of hydrogen-bond acceptors (Lipinski definition) is 2. The molecular formula is C23H22N2O. The van der Waals surface area contributed by atoms with Gasteiger partial charge in [0.05, 0.1) is 6.04 Å². The number of aromatic nitrogens is 1. The van der Waals surface area contributed by atoms with Gasteiger partial charge in [0.25, 0.3) is 5.91 Å². The summed E-state index contributed by atoms with van der Waals surface area (Å²) in [6.07, 6.45) is 4.52. The Labute approximate surface area is 154 Å². The summed E-state index contributed by atoms with van der Waals surface area (Å²) in [7, 11) is 0. The van der Waals surface area contributed by atoms with E-state index in [9.17, 15) is 4.79 Å². The van der Waals surface area contributed by atoms with Gasteiger partial charge in [-0.3, -0.25) is 9.78 Å². The number of carbonyl (C=O) groups is 1. The van der Waals surface area contributed by atoms with E-state index in [0.29, 0.717) is 6.54 Å². The van der Waals surface area contributed by atoms with Crippen LogP contribution in [0.3, 0.4) is 0 Å². The van der Waals surface area contributed by atoms with E-state index in [4.69, 9.17) is 0 Å². The zero-order chi connectivity index (χ0) is 18.1. The summed E-state index contributed by atoms with van der Waals surface area (Å²) in [5, 5.41) is 0. The summed E-state index contributed by atoms with van der Waals surface area (Å²) in [5.74, 6) is 0.0741. The molecule has 0 bridgehead atoms. The van der Waals surface area contributed by atoms with Crippen molar-refractivity contribution in [1.82, 2.24) is 9.88 Å². The number of aryl methyl sites for hydroxylation is 2. The molecule has 0 radical (unpaired) electrons. The lowest BCUT2D eigenvalue weighted by Crippen LogP contribution is -2.40. The van der Waals surface area contributed by atoms with Crippen molar-refractivity contribution >= 4 is 5.91 Å². The van der Waals surface area contributed by atoms with Gasteiger partial charge < -0.3 is 4.90 Å². The topological polar surface area (TPSA) is 33.2 Å². The molecule has 1 aliphatic rings. The lowest BCUT2D eigenvalue weighted by atomic mass is 9.87. The van der Waals surface area contributed by atoms with E-state index in [2.05, 4.69) is 36.2 Å². The highest BCUT2D eigenvalue weighted by molar-refractivity contribution is 5.95. The fourth-order valence-corrected chi connectivity index (χ4v) is 3.73. The minimum atomic E-state index is -0.0955. The average Bonchev–Trinajstić information content (AvgIpc) is 2.67. The van der Waals surface area contributed by atoms with E-state index in [0.717, 1.165) is 23.1 Å². The highest BCUT2D eigenvalue weighted by atomic mass is 16.2. The molecule has 2 aromatic carbocycles. The smallest absolute Gasteiger partial charge is 0.254 e. The van der Waals surface area contributed by atoms with Crippen molar-refractivity contribution in [3.63, 3.8) is 0 Å². The molecule has 26 heavy (non-hydrogen) atoms. The summed E-state index contributed by atoms with van der Waals surface area (Å²) in [6.45, 7) is 4.86. The van der Waals surface area contributed by atoms with Crippen LogP contribution in [0.4, 0.5) is 0 Å². The number of rotatable bonds is 2. The third-order valence-corrected chi connectivity index (χ3v) is 5.09. The van der Waals surface area contributed by atoms with Crippen LogP contribution in [0.25, 0.3) is 0 Å². The first kappa shape index (κ1) is 16.5. The summed E-state index contributed by atoms with van der Waals surface area (Å²) < 4.78 is 0. The molecule has 130 valence electrons. The van der Waals surface area contributed by atoms with Crippen molar-refractivity contribution in [2.24, 2.45) is 0 Å².